The quantitative estimate of drug-likeness (QED) is 0.220. The second-order valence-electron chi connectivity index (χ2n) is 8.74. The second-order valence-corrected chi connectivity index (χ2v) is 8.74. The summed E-state index contributed by atoms with van der Waals surface area (Å²) in [6, 6.07) is 0. The highest BCUT2D eigenvalue weighted by molar-refractivity contribution is 4.99. The SMILES string of the molecule is OC[C@H]1O[C@H](O[C@H]2[C@H](O)[C@@H](CO)O[C@H](CC=CC3CCCCC3)[C@H]2O)[C@@H](O)[C@@H](O)[C@@H]1O. The Morgan fingerprint density at radius 2 is 1.32 bits per heavy atom. The number of allylic oxidation sites excluding steroid dienone is 1. The van der Waals surface area contributed by atoms with Gasteiger partial charge in [0.05, 0.1) is 19.3 Å². The molecule has 3 aliphatic rings. The third kappa shape index (κ3) is 5.83. The van der Waals surface area contributed by atoms with Crippen LogP contribution >= 0.6 is 0 Å². The first-order valence-electron chi connectivity index (χ1n) is 11.1. The van der Waals surface area contributed by atoms with Crippen molar-refractivity contribution in [2.75, 3.05) is 13.2 Å². The predicted molar refractivity (Wildman–Crippen MR) is 107 cm³/mol. The Bertz CT molecular complexity index is 566. The first kappa shape index (κ1) is 25.0. The normalized spacial score (nSPS) is 45.3. The topological polar surface area (TPSA) is 169 Å². The summed E-state index contributed by atoms with van der Waals surface area (Å²) in [5, 5.41) is 70.3. The van der Waals surface area contributed by atoms with E-state index < -0.39 is 74.4 Å². The average Bonchev–Trinajstić information content (AvgIpc) is 2.78. The van der Waals surface area contributed by atoms with Crippen molar-refractivity contribution >= 4 is 0 Å². The molecule has 3 rings (SSSR count). The van der Waals surface area contributed by atoms with E-state index in [2.05, 4.69) is 6.08 Å². The molecule has 0 radical (unpaired) electrons. The van der Waals surface area contributed by atoms with E-state index in [-0.39, 0.29) is 0 Å². The third-order valence-corrected chi connectivity index (χ3v) is 6.53. The lowest BCUT2D eigenvalue weighted by molar-refractivity contribution is -0.341. The maximum absolute atomic E-state index is 10.8. The van der Waals surface area contributed by atoms with Gasteiger partial charge in [0.25, 0.3) is 0 Å². The number of hydrogen-bond acceptors (Lipinski definition) is 10. The minimum atomic E-state index is -1.67. The highest BCUT2D eigenvalue weighted by Gasteiger charge is 2.50. The van der Waals surface area contributed by atoms with E-state index in [0.29, 0.717) is 12.3 Å². The predicted octanol–water partition coefficient (Wildman–Crippen LogP) is -1.82. The summed E-state index contributed by atoms with van der Waals surface area (Å²) in [6.45, 7) is -1.14. The lowest BCUT2D eigenvalue weighted by Crippen LogP contribution is -2.64. The van der Waals surface area contributed by atoms with E-state index in [1.165, 1.54) is 19.3 Å². The van der Waals surface area contributed by atoms with Crippen LogP contribution in [0.5, 0.6) is 0 Å². The molecular formula is C21H36O10. The number of aliphatic hydroxyl groups is 7. The molecule has 0 aromatic rings. The minimum absolute atomic E-state index is 0.343. The van der Waals surface area contributed by atoms with Crippen molar-refractivity contribution in [2.45, 2.75) is 99.8 Å². The Hall–Kier alpha value is -0.660. The molecule has 10 nitrogen and oxygen atoms in total. The van der Waals surface area contributed by atoms with E-state index in [4.69, 9.17) is 14.2 Å². The highest BCUT2D eigenvalue weighted by Crippen LogP contribution is 2.31. The van der Waals surface area contributed by atoms with Gasteiger partial charge in [-0.1, -0.05) is 31.4 Å². The Morgan fingerprint density at radius 3 is 1.97 bits per heavy atom. The fourth-order valence-corrected chi connectivity index (χ4v) is 4.58. The van der Waals surface area contributed by atoms with Crippen LogP contribution in [0.1, 0.15) is 38.5 Å². The van der Waals surface area contributed by atoms with Crippen molar-refractivity contribution in [1.82, 2.24) is 0 Å². The Kier molecular flexibility index (Phi) is 9.23. The lowest BCUT2D eigenvalue weighted by Gasteiger charge is -2.46. The fraction of sp³-hybridized carbons (Fsp3) is 0.905. The van der Waals surface area contributed by atoms with Crippen molar-refractivity contribution in [3.8, 4) is 0 Å². The molecule has 2 aliphatic heterocycles. The van der Waals surface area contributed by atoms with Gasteiger partial charge < -0.3 is 50.0 Å². The smallest absolute Gasteiger partial charge is 0.187 e. The van der Waals surface area contributed by atoms with Gasteiger partial charge in [-0.25, -0.2) is 0 Å². The fourth-order valence-electron chi connectivity index (χ4n) is 4.58. The molecule has 0 aromatic heterocycles. The van der Waals surface area contributed by atoms with Gasteiger partial charge in [0.15, 0.2) is 6.29 Å². The van der Waals surface area contributed by atoms with Gasteiger partial charge >= 0.3 is 0 Å². The van der Waals surface area contributed by atoms with E-state index in [0.717, 1.165) is 12.8 Å². The summed E-state index contributed by atoms with van der Waals surface area (Å²) in [6.07, 6.45) is -3.07. The molecule has 0 bridgehead atoms. The first-order valence-corrected chi connectivity index (χ1v) is 11.1. The second kappa shape index (κ2) is 11.5. The van der Waals surface area contributed by atoms with E-state index in [1.807, 2.05) is 6.08 Å². The molecule has 10 heteroatoms. The zero-order valence-electron chi connectivity index (χ0n) is 17.5. The molecule has 1 aliphatic carbocycles. The Labute approximate surface area is 181 Å². The van der Waals surface area contributed by atoms with Gasteiger partial charge in [0.1, 0.15) is 48.8 Å². The number of ether oxygens (including phenoxy) is 3. The summed E-state index contributed by atoms with van der Waals surface area (Å²) in [5.41, 5.74) is 0. The summed E-state index contributed by atoms with van der Waals surface area (Å²) >= 11 is 0. The number of rotatable bonds is 7. The van der Waals surface area contributed by atoms with Gasteiger partial charge in [0.2, 0.25) is 0 Å². The van der Waals surface area contributed by atoms with Crippen LogP contribution in [-0.4, -0.2) is 110 Å². The van der Waals surface area contributed by atoms with Crippen molar-refractivity contribution in [1.29, 1.82) is 0 Å². The molecule has 10 atom stereocenters. The van der Waals surface area contributed by atoms with Crippen LogP contribution in [0.15, 0.2) is 12.2 Å². The minimum Gasteiger partial charge on any atom is -0.394 e. The van der Waals surface area contributed by atoms with Gasteiger partial charge in [-0.3, -0.25) is 0 Å². The molecule has 2 saturated heterocycles. The molecule has 1 saturated carbocycles. The van der Waals surface area contributed by atoms with Crippen LogP contribution < -0.4 is 0 Å². The van der Waals surface area contributed by atoms with Crippen LogP contribution in [0.2, 0.25) is 0 Å². The van der Waals surface area contributed by atoms with Crippen molar-refractivity contribution in [2.24, 2.45) is 5.92 Å². The zero-order chi connectivity index (χ0) is 22.5. The van der Waals surface area contributed by atoms with Gasteiger partial charge in [-0.2, -0.15) is 0 Å². The first-order chi connectivity index (χ1) is 14.9. The molecule has 3 fully saturated rings. The standard InChI is InChI=1S/C21H36O10/c22-9-13-15(24)18(27)19(28)21(30-13)31-20-16(25)12(29-14(10-23)17(20)26)8-4-7-11-5-2-1-3-6-11/h4,7,11-28H,1-3,5-6,8-10H2/t12-,13-,14-,15-,16-,17-,18+,19+,20-,21-/m1/s1. The molecule has 0 unspecified atom stereocenters. The third-order valence-electron chi connectivity index (χ3n) is 6.53. The molecular weight excluding hydrogens is 412 g/mol. The van der Waals surface area contributed by atoms with Gasteiger partial charge in [0, 0.05) is 0 Å². The molecule has 7 N–H and O–H groups in total. The molecule has 0 aromatic carbocycles. The van der Waals surface area contributed by atoms with Crippen LogP contribution in [0.25, 0.3) is 0 Å². The van der Waals surface area contributed by atoms with Crippen LogP contribution in [0, 0.1) is 5.92 Å². The van der Waals surface area contributed by atoms with Crippen LogP contribution in [0.3, 0.4) is 0 Å². The van der Waals surface area contributed by atoms with Crippen molar-refractivity contribution in [3.05, 3.63) is 12.2 Å². The maximum Gasteiger partial charge on any atom is 0.187 e. The average molecular weight is 449 g/mol. The van der Waals surface area contributed by atoms with Gasteiger partial charge in [-0.15, -0.1) is 0 Å². The zero-order valence-corrected chi connectivity index (χ0v) is 17.5. The van der Waals surface area contributed by atoms with E-state index >= 15 is 0 Å². The van der Waals surface area contributed by atoms with E-state index in [9.17, 15) is 35.7 Å². The van der Waals surface area contributed by atoms with Crippen molar-refractivity contribution < 1.29 is 50.0 Å². The summed E-state index contributed by atoms with van der Waals surface area (Å²) in [5.74, 6) is 0.495. The maximum atomic E-state index is 10.8. The highest BCUT2D eigenvalue weighted by atomic mass is 16.7. The van der Waals surface area contributed by atoms with Gasteiger partial charge in [-0.05, 0) is 25.2 Å². The van der Waals surface area contributed by atoms with Crippen molar-refractivity contribution in [3.63, 3.8) is 0 Å². The summed E-state index contributed by atoms with van der Waals surface area (Å²) < 4.78 is 16.6. The molecule has 0 amide bonds. The van der Waals surface area contributed by atoms with Crippen LogP contribution in [-0.2, 0) is 14.2 Å². The summed E-state index contributed by atoms with van der Waals surface area (Å²) in [4.78, 5) is 0. The summed E-state index contributed by atoms with van der Waals surface area (Å²) in [7, 11) is 0. The Morgan fingerprint density at radius 1 is 0.710 bits per heavy atom. The number of aliphatic hydroxyl groups excluding tert-OH is 7. The molecule has 31 heavy (non-hydrogen) atoms. The lowest BCUT2D eigenvalue weighted by atomic mass is 9.88. The Balaban J connectivity index is 1.66. The monoisotopic (exact) mass is 448 g/mol. The van der Waals surface area contributed by atoms with Crippen LogP contribution in [0.4, 0.5) is 0 Å². The largest absolute Gasteiger partial charge is 0.394 e. The number of hydrogen-bond donors (Lipinski definition) is 7. The molecule has 0 spiro atoms. The van der Waals surface area contributed by atoms with E-state index in [1.54, 1.807) is 0 Å². The molecule has 180 valence electrons. The molecule has 2 heterocycles.